The van der Waals surface area contributed by atoms with Crippen LogP contribution in [0.4, 0.5) is 0 Å². The molecule has 0 bridgehead atoms. The number of rotatable bonds is 5. The highest BCUT2D eigenvalue weighted by Crippen LogP contribution is 2.24. The number of hydrogen-bond acceptors (Lipinski definition) is 6. The maximum Gasteiger partial charge on any atom is 0.257 e. The van der Waals surface area contributed by atoms with Crippen LogP contribution in [-0.4, -0.2) is 40.1 Å². The molecule has 0 unspecified atom stereocenters. The summed E-state index contributed by atoms with van der Waals surface area (Å²) < 4.78 is 10.4. The zero-order chi connectivity index (χ0) is 17.8. The Morgan fingerprint density at radius 1 is 1.28 bits per heavy atom. The molecule has 0 radical (unpaired) electrons. The Hall–Kier alpha value is -2.93. The second-order valence-corrected chi connectivity index (χ2v) is 5.69. The fourth-order valence-electron chi connectivity index (χ4n) is 2.26. The minimum absolute atomic E-state index is 0.169. The topological polar surface area (TPSA) is 81.4 Å². The van der Waals surface area contributed by atoms with Crippen LogP contribution in [0.25, 0.3) is 11.4 Å². The van der Waals surface area contributed by atoms with Crippen molar-refractivity contribution in [2.24, 2.45) is 0 Å². The Morgan fingerprint density at radius 3 is 2.76 bits per heavy atom. The van der Waals surface area contributed by atoms with Crippen LogP contribution < -0.4 is 4.74 Å². The van der Waals surface area contributed by atoms with Crippen LogP contribution in [0, 0.1) is 0 Å². The Balaban J connectivity index is 1.75. The number of aromatic nitrogens is 3. The Morgan fingerprint density at radius 2 is 2.04 bits per heavy atom. The van der Waals surface area contributed by atoms with Gasteiger partial charge in [-0.05, 0) is 30.3 Å². The molecule has 128 valence electrons. The van der Waals surface area contributed by atoms with E-state index < -0.39 is 0 Å². The van der Waals surface area contributed by atoms with Gasteiger partial charge in [0.25, 0.3) is 5.91 Å². The fraction of sp³-hybridized carbons (Fsp3) is 0.176. The average molecular weight is 359 g/mol. The molecule has 0 aliphatic rings. The van der Waals surface area contributed by atoms with Gasteiger partial charge in [-0.2, -0.15) is 4.98 Å². The second-order valence-electron chi connectivity index (χ2n) is 5.25. The second kappa shape index (κ2) is 7.31. The largest absolute Gasteiger partial charge is 0.496 e. The lowest BCUT2D eigenvalue weighted by Gasteiger charge is -2.16. The molecule has 2 heterocycles. The standard InChI is InChI=1S/C17H15ClN4O3/c1-22(17(23)13-4-3-12(18)9-14(13)24-2)10-15-20-16(21-25-15)11-5-7-19-8-6-11/h3-9H,10H2,1-2H3. The quantitative estimate of drug-likeness (QED) is 0.697. The summed E-state index contributed by atoms with van der Waals surface area (Å²) >= 11 is 5.93. The van der Waals surface area contributed by atoms with Crippen molar-refractivity contribution in [2.45, 2.75) is 6.54 Å². The summed E-state index contributed by atoms with van der Waals surface area (Å²) in [6.45, 7) is 0.169. The van der Waals surface area contributed by atoms with E-state index in [4.69, 9.17) is 20.9 Å². The van der Waals surface area contributed by atoms with Gasteiger partial charge in [0.15, 0.2) is 0 Å². The number of methoxy groups -OCH3 is 1. The molecular weight excluding hydrogens is 344 g/mol. The molecule has 0 spiro atoms. The van der Waals surface area contributed by atoms with Gasteiger partial charge in [-0.15, -0.1) is 0 Å². The number of nitrogens with zero attached hydrogens (tertiary/aromatic N) is 4. The predicted octanol–water partition coefficient (Wildman–Crippen LogP) is 3.07. The van der Waals surface area contributed by atoms with Crippen molar-refractivity contribution in [1.82, 2.24) is 20.0 Å². The molecule has 0 aliphatic carbocycles. The Kier molecular flexibility index (Phi) is 4.95. The van der Waals surface area contributed by atoms with E-state index in [1.54, 1.807) is 49.8 Å². The highest BCUT2D eigenvalue weighted by atomic mass is 35.5. The van der Waals surface area contributed by atoms with E-state index >= 15 is 0 Å². The number of pyridine rings is 1. The molecule has 25 heavy (non-hydrogen) atoms. The summed E-state index contributed by atoms with van der Waals surface area (Å²) in [5.74, 6) is 0.947. The van der Waals surface area contributed by atoms with Crippen molar-refractivity contribution < 1.29 is 14.1 Å². The number of amides is 1. The fourth-order valence-corrected chi connectivity index (χ4v) is 2.42. The Bertz CT molecular complexity index is 883. The van der Waals surface area contributed by atoms with E-state index in [-0.39, 0.29) is 12.5 Å². The number of halogens is 1. The highest BCUT2D eigenvalue weighted by Gasteiger charge is 2.19. The summed E-state index contributed by atoms with van der Waals surface area (Å²) in [6, 6.07) is 8.41. The van der Waals surface area contributed by atoms with E-state index in [0.717, 1.165) is 5.56 Å². The third-order valence-corrected chi connectivity index (χ3v) is 3.75. The van der Waals surface area contributed by atoms with Crippen molar-refractivity contribution in [3.63, 3.8) is 0 Å². The normalized spacial score (nSPS) is 10.5. The van der Waals surface area contributed by atoms with Gasteiger partial charge in [-0.1, -0.05) is 16.8 Å². The zero-order valence-corrected chi connectivity index (χ0v) is 14.4. The summed E-state index contributed by atoms with van der Waals surface area (Å²) in [4.78, 5) is 22.3. The summed E-state index contributed by atoms with van der Waals surface area (Å²) in [5, 5.41) is 4.42. The number of carbonyl (C=O) groups is 1. The molecule has 3 rings (SSSR count). The smallest absolute Gasteiger partial charge is 0.257 e. The molecule has 0 saturated carbocycles. The van der Waals surface area contributed by atoms with E-state index in [9.17, 15) is 4.79 Å². The first-order chi connectivity index (χ1) is 12.1. The van der Waals surface area contributed by atoms with Gasteiger partial charge >= 0.3 is 0 Å². The summed E-state index contributed by atoms with van der Waals surface area (Å²) in [7, 11) is 3.13. The van der Waals surface area contributed by atoms with Gasteiger partial charge in [0, 0.05) is 30.0 Å². The van der Waals surface area contributed by atoms with E-state index in [1.807, 2.05) is 0 Å². The van der Waals surface area contributed by atoms with Crippen LogP contribution in [0.15, 0.2) is 47.2 Å². The van der Waals surface area contributed by atoms with Gasteiger partial charge in [0.2, 0.25) is 11.7 Å². The number of ether oxygens (including phenoxy) is 1. The first-order valence-corrected chi connectivity index (χ1v) is 7.78. The molecule has 0 atom stereocenters. The molecule has 1 amide bonds. The molecule has 1 aromatic carbocycles. The Labute approximate surface area is 149 Å². The van der Waals surface area contributed by atoms with Crippen molar-refractivity contribution in [2.75, 3.05) is 14.2 Å². The van der Waals surface area contributed by atoms with E-state index in [0.29, 0.717) is 28.1 Å². The minimum atomic E-state index is -0.239. The van der Waals surface area contributed by atoms with Crippen molar-refractivity contribution in [1.29, 1.82) is 0 Å². The summed E-state index contributed by atoms with van der Waals surface area (Å²) in [5.41, 5.74) is 1.20. The number of carbonyl (C=O) groups excluding carboxylic acids is 1. The lowest BCUT2D eigenvalue weighted by atomic mass is 10.1. The first-order valence-electron chi connectivity index (χ1n) is 7.40. The van der Waals surface area contributed by atoms with Gasteiger partial charge in [0.1, 0.15) is 12.3 Å². The molecule has 7 nitrogen and oxygen atoms in total. The molecular formula is C17H15ClN4O3. The van der Waals surface area contributed by atoms with Crippen LogP contribution in [0.5, 0.6) is 5.75 Å². The molecule has 2 aromatic heterocycles. The van der Waals surface area contributed by atoms with Gasteiger partial charge in [-0.25, -0.2) is 0 Å². The molecule has 0 N–H and O–H groups in total. The van der Waals surface area contributed by atoms with Crippen LogP contribution in [0.3, 0.4) is 0 Å². The number of hydrogen-bond donors (Lipinski definition) is 0. The van der Waals surface area contributed by atoms with E-state index in [1.165, 1.54) is 12.0 Å². The molecule has 0 saturated heterocycles. The maximum absolute atomic E-state index is 12.6. The zero-order valence-electron chi connectivity index (χ0n) is 13.6. The molecule has 0 aliphatic heterocycles. The van der Waals surface area contributed by atoms with Crippen molar-refractivity contribution in [3.05, 3.63) is 59.2 Å². The lowest BCUT2D eigenvalue weighted by Crippen LogP contribution is -2.26. The monoisotopic (exact) mass is 358 g/mol. The van der Waals surface area contributed by atoms with E-state index in [2.05, 4.69) is 15.1 Å². The van der Waals surface area contributed by atoms with Gasteiger partial charge in [0.05, 0.1) is 12.7 Å². The SMILES string of the molecule is COc1cc(Cl)ccc1C(=O)N(C)Cc1nc(-c2ccncc2)no1. The summed E-state index contributed by atoms with van der Waals surface area (Å²) in [6.07, 6.45) is 3.29. The average Bonchev–Trinajstić information content (AvgIpc) is 3.10. The first kappa shape index (κ1) is 16.9. The maximum atomic E-state index is 12.6. The van der Waals surface area contributed by atoms with Crippen molar-refractivity contribution >= 4 is 17.5 Å². The molecule has 3 aromatic rings. The van der Waals surface area contributed by atoms with Crippen molar-refractivity contribution in [3.8, 4) is 17.1 Å². The molecule has 0 fully saturated rings. The molecule has 8 heteroatoms. The third-order valence-electron chi connectivity index (χ3n) is 3.52. The van der Waals surface area contributed by atoms with Gasteiger partial charge in [-0.3, -0.25) is 9.78 Å². The highest BCUT2D eigenvalue weighted by molar-refractivity contribution is 6.30. The van der Waals surface area contributed by atoms with Crippen LogP contribution in [-0.2, 0) is 6.54 Å². The van der Waals surface area contributed by atoms with Gasteiger partial charge < -0.3 is 14.2 Å². The minimum Gasteiger partial charge on any atom is -0.496 e. The predicted molar refractivity (Wildman–Crippen MR) is 91.3 cm³/mol. The number of benzene rings is 1. The lowest BCUT2D eigenvalue weighted by molar-refractivity contribution is 0.0766. The van der Waals surface area contributed by atoms with Crippen LogP contribution >= 0.6 is 11.6 Å². The van der Waals surface area contributed by atoms with Crippen LogP contribution in [0.2, 0.25) is 5.02 Å². The van der Waals surface area contributed by atoms with Crippen LogP contribution in [0.1, 0.15) is 16.2 Å². The third kappa shape index (κ3) is 3.77.